The number of halogens is 4. The minimum atomic E-state index is -4.35. The summed E-state index contributed by atoms with van der Waals surface area (Å²) in [4.78, 5) is 19.2. The summed E-state index contributed by atoms with van der Waals surface area (Å²) in [6, 6.07) is 9.00. The maximum Gasteiger partial charge on any atom is 0.416 e. The van der Waals surface area contributed by atoms with Crippen molar-refractivity contribution in [3.63, 3.8) is 0 Å². The monoisotopic (exact) mass is 425 g/mol. The highest BCUT2D eigenvalue weighted by Crippen LogP contribution is 2.45. The molecule has 1 aromatic heterocycles. The molecule has 2 fully saturated rings. The van der Waals surface area contributed by atoms with E-state index in [-0.39, 0.29) is 24.4 Å². The highest BCUT2D eigenvalue weighted by Gasteiger charge is 2.52. The number of hydrogen-bond acceptors (Lipinski definition) is 3. The van der Waals surface area contributed by atoms with E-state index < -0.39 is 17.3 Å². The highest BCUT2D eigenvalue weighted by atomic mass is 35.5. The van der Waals surface area contributed by atoms with Crippen LogP contribution >= 0.6 is 12.4 Å². The van der Waals surface area contributed by atoms with Crippen LogP contribution in [0.2, 0.25) is 0 Å². The van der Waals surface area contributed by atoms with Gasteiger partial charge in [0.15, 0.2) is 0 Å². The second kappa shape index (κ2) is 7.61. The second-order valence-corrected chi connectivity index (χ2v) is 7.70. The average molecular weight is 426 g/mol. The van der Waals surface area contributed by atoms with Crippen LogP contribution in [-0.4, -0.2) is 34.9 Å². The van der Waals surface area contributed by atoms with Crippen LogP contribution < -0.4 is 5.32 Å². The molecular formula is C21H23ClF3N3O. The number of likely N-dealkylation sites (N-methyl/N-ethyl adjacent to an activating group) is 1. The Hall–Kier alpha value is -2.12. The molecule has 8 heteroatoms. The summed E-state index contributed by atoms with van der Waals surface area (Å²) in [5.41, 5.74) is 2.08. The van der Waals surface area contributed by atoms with Gasteiger partial charge in [0.1, 0.15) is 5.54 Å². The average Bonchev–Trinajstić information content (AvgIpc) is 3.18. The van der Waals surface area contributed by atoms with Crippen molar-refractivity contribution in [1.82, 2.24) is 15.2 Å². The first-order valence-corrected chi connectivity index (χ1v) is 9.38. The largest absolute Gasteiger partial charge is 0.416 e. The van der Waals surface area contributed by atoms with Crippen LogP contribution in [0.4, 0.5) is 13.2 Å². The van der Waals surface area contributed by atoms with Crippen molar-refractivity contribution in [3.8, 4) is 11.1 Å². The van der Waals surface area contributed by atoms with Crippen LogP contribution in [-0.2, 0) is 11.0 Å². The summed E-state index contributed by atoms with van der Waals surface area (Å²) in [5, 5.41) is 2.93. The first-order valence-electron chi connectivity index (χ1n) is 9.38. The quantitative estimate of drug-likeness (QED) is 0.769. The zero-order valence-electron chi connectivity index (χ0n) is 16.2. The first kappa shape index (κ1) is 21.6. The summed E-state index contributed by atoms with van der Waals surface area (Å²) in [7, 11) is 1.96. The van der Waals surface area contributed by atoms with Crippen LogP contribution in [0.5, 0.6) is 0 Å². The Kier molecular flexibility index (Phi) is 5.66. The predicted molar refractivity (Wildman–Crippen MR) is 107 cm³/mol. The van der Waals surface area contributed by atoms with E-state index in [1.807, 2.05) is 26.1 Å². The number of likely N-dealkylation sites (tertiary alicyclic amines) is 1. The number of pyridine rings is 1. The van der Waals surface area contributed by atoms with Crippen molar-refractivity contribution in [3.05, 3.63) is 53.3 Å². The van der Waals surface area contributed by atoms with E-state index in [1.54, 1.807) is 0 Å². The molecule has 3 heterocycles. The number of carbonyl (C=O) groups is 1. The molecule has 2 saturated heterocycles. The van der Waals surface area contributed by atoms with Gasteiger partial charge in [0.05, 0.1) is 17.3 Å². The number of amides is 1. The molecule has 1 spiro atoms. The zero-order valence-corrected chi connectivity index (χ0v) is 17.0. The van der Waals surface area contributed by atoms with Crippen molar-refractivity contribution in [2.24, 2.45) is 0 Å². The van der Waals surface area contributed by atoms with Gasteiger partial charge in [-0.2, -0.15) is 13.2 Å². The standard InChI is InChI=1S/C21H22F3N3O.ClH/c1-13-11-15(14-3-5-16(6-4-14)21(22,23)24)12-17(26-13)18-7-8-20(27(18)2)9-10-25-19(20)28;/h3-6,11-12,18H,7-10H2,1-2H3,(H,25,28);1H/t18-,20+;/m0./s1. The third-order valence-electron chi connectivity index (χ3n) is 6.08. The summed E-state index contributed by atoms with van der Waals surface area (Å²) >= 11 is 0. The molecule has 29 heavy (non-hydrogen) atoms. The molecule has 1 N–H and O–H groups in total. The smallest absolute Gasteiger partial charge is 0.354 e. The van der Waals surface area contributed by atoms with Crippen LogP contribution in [0.1, 0.15) is 42.3 Å². The lowest BCUT2D eigenvalue weighted by atomic mass is 9.95. The number of hydrogen-bond donors (Lipinski definition) is 1. The maximum atomic E-state index is 12.8. The molecule has 1 amide bonds. The number of aromatic nitrogens is 1. The Balaban J connectivity index is 0.00000240. The first-order chi connectivity index (χ1) is 13.2. The Morgan fingerprint density at radius 3 is 2.41 bits per heavy atom. The SMILES string of the molecule is Cc1cc(-c2ccc(C(F)(F)F)cc2)cc([C@@H]2CC[C@]3(CCNC3=O)N2C)n1.Cl. The summed E-state index contributed by atoms with van der Waals surface area (Å²) in [6.45, 7) is 2.57. The summed E-state index contributed by atoms with van der Waals surface area (Å²) < 4.78 is 38.5. The minimum absolute atomic E-state index is 0. The van der Waals surface area contributed by atoms with Gasteiger partial charge in [-0.1, -0.05) is 12.1 Å². The lowest BCUT2D eigenvalue weighted by molar-refractivity contribution is -0.137. The topological polar surface area (TPSA) is 45.2 Å². The molecule has 0 bridgehead atoms. The second-order valence-electron chi connectivity index (χ2n) is 7.70. The molecule has 4 nitrogen and oxygen atoms in total. The number of benzene rings is 1. The molecule has 0 saturated carbocycles. The van der Waals surface area contributed by atoms with Crippen LogP contribution in [0, 0.1) is 6.92 Å². The van der Waals surface area contributed by atoms with E-state index in [4.69, 9.17) is 0 Å². The lowest BCUT2D eigenvalue weighted by Gasteiger charge is -2.32. The summed E-state index contributed by atoms with van der Waals surface area (Å²) in [5.74, 6) is 0.0770. The van der Waals surface area contributed by atoms with Crippen LogP contribution in [0.25, 0.3) is 11.1 Å². The Morgan fingerprint density at radius 1 is 1.14 bits per heavy atom. The van der Waals surface area contributed by atoms with Gasteiger partial charge < -0.3 is 5.32 Å². The third-order valence-corrected chi connectivity index (χ3v) is 6.08. The highest BCUT2D eigenvalue weighted by molar-refractivity contribution is 5.88. The Bertz CT molecular complexity index is 916. The maximum absolute atomic E-state index is 12.8. The van der Waals surface area contributed by atoms with Crippen LogP contribution in [0.15, 0.2) is 36.4 Å². The van der Waals surface area contributed by atoms with E-state index in [0.717, 1.165) is 48.3 Å². The van der Waals surface area contributed by atoms with Gasteiger partial charge in [-0.3, -0.25) is 14.7 Å². The van der Waals surface area contributed by atoms with Crippen molar-refractivity contribution < 1.29 is 18.0 Å². The van der Waals surface area contributed by atoms with E-state index in [2.05, 4.69) is 15.2 Å². The number of aryl methyl sites for hydroxylation is 1. The van der Waals surface area contributed by atoms with E-state index in [9.17, 15) is 18.0 Å². The molecular weight excluding hydrogens is 403 g/mol. The molecule has 2 atom stereocenters. The van der Waals surface area contributed by atoms with E-state index in [1.165, 1.54) is 12.1 Å². The number of alkyl halides is 3. The van der Waals surface area contributed by atoms with Crippen molar-refractivity contribution in [2.45, 2.75) is 43.9 Å². The van der Waals surface area contributed by atoms with E-state index in [0.29, 0.717) is 12.1 Å². The fraction of sp³-hybridized carbons (Fsp3) is 0.429. The zero-order chi connectivity index (χ0) is 20.1. The van der Waals surface area contributed by atoms with Crippen molar-refractivity contribution >= 4 is 18.3 Å². The number of rotatable bonds is 2. The molecule has 0 aliphatic carbocycles. The van der Waals surface area contributed by atoms with Gasteiger partial charge in [-0.15, -0.1) is 12.4 Å². The lowest BCUT2D eigenvalue weighted by Crippen LogP contribution is -2.48. The number of nitrogens with zero attached hydrogens (tertiary/aromatic N) is 2. The molecule has 156 valence electrons. The van der Waals surface area contributed by atoms with Gasteiger partial charge in [-0.05, 0) is 68.6 Å². The normalized spacial score (nSPS) is 24.6. The molecule has 0 unspecified atom stereocenters. The number of carbonyl (C=O) groups excluding carboxylic acids is 1. The van der Waals surface area contributed by atoms with Gasteiger partial charge in [0.2, 0.25) is 5.91 Å². The van der Waals surface area contributed by atoms with E-state index >= 15 is 0 Å². The Labute approximate surface area is 173 Å². The van der Waals surface area contributed by atoms with Gasteiger partial charge in [0, 0.05) is 12.2 Å². The van der Waals surface area contributed by atoms with Gasteiger partial charge >= 0.3 is 6.18 Å². The van der Waals surface area contributed by atoms with Gasteiger partial charge in [-0.25, -0.2) is 0 Å². The minimum Gasteiger partial charge on any atom is -0.354 e. The fourth-order valence-corrected chi connectivity index (χ4v) is 4.51. The number of nitrogens with one attached hydrogen (secondary N) is 1. The van der Waals surface area contributed by atoms with Crippen molar-refractivity contribution in [1.29, 1.82) is 0 Å². The molecule has 2 aromatic rings. The predicted octanol–water partition coefficient (Wildman–Crippen LogP) is 4.52. The molecule has 4 rings (SSSR count). The van der Waals surface area contributed by atoms with Gasteiger partial charge in [0.25, 0.3) is 0 Å². The van der Waals surface area contributed by atoms with Crippen molar-refractivity contribution in [2.75, 3.05) is 13.6 Å². The summed E-state index contributed by atoms with van der Waals surface area (Å²) in [6.07, 6.45) is -1.95. The van der Waals surface area contributed by atoms with Crippen LogP contribution in [0.3, 0.4) is 0 Å². The molecule has 2 aliphatic heterocycles. The molecule has 1 aromatic carbocycles. The Morgan fingerprint density at radius 2 is 1.83 bits per heavy atom. The molecule has 2 aliphatic rings. The molecule has 0 radical (unpaired) electrons. The fourth-order valence-electron chi connectivity index (χ4n) is 4.51. The third kappa shape index (κ3) is 3.73.